The number of anilines is 1. The number of carbonyl (C=O) groups excluding carboxylic acids is 1. The molecule has 0 unspecified atom stereocenters. The fourth-order valence-corrected chi connectivity index (χ4v) is 3.57. The molecule has 29 heavy (non-hydrogen) atoms. The Morgan fingerprint density at radius 1 is 1.07 bits per heavy atom. The monoisotopic (exact) mass is 452 g/mol. The van der Waals surface area contributed by atoms with Crippen molar-refractivity contribution in [3.63, 3.8) is 0 Å². The second kappa shape index (κ2) is 9.09. The molecular formula is C23H25BrN4O. The van der Waals surface area contributed by atoms with Gasteiger partial charge in [0.15, 0.2) is 0 Å². The highest BCUT2D eigenvalue weighted by molar-refractivity contribution is 9.10. The van der Waals surface area contributed by atoms with Crippen molar-refractivity contribution in [2.75, 3.05) is 11.9 Å². The van der Waals surface area contributed by atoms with E-state index in [9.17, 15) is 4.79 Å². The summed E-state index contributed by atoms with van der Waals surface area (Å²) >= 11 is 3.39. The molecule has 3 aromatic rings. The Morgan fingerprint density at radius 2 is 1.79 bits per heavy atom. The van der Waals surface area contributed by atoms with E-state index in [1.165, 1.54) is 11.1 Å². The minimum atomic E-state index is -0.202. The molecule has 0 aliphatic rings. The lowest BCUT2D eigenvalue weighted by Gasteiger charge is -2.13. The highest BCUT2D eigenvalue weighted by Gasteiger charge is 2.11. The average molecular weight is 453 g/mol. The van der Waals surface area contributed by atoms with Gasteiger partial charge in [0.1, 0.15) is 0 Å². The molecule has 1 aromatic heterocycles. The maximum Gasteiger partial charge on any atom is 0.259 e. The van der Waals surface area contributed by atoms with Crippen LogP contribution in [-0.4, -0.2) is 23.2 Å². The lowest BCUT2D eigenvalue weighted by atomic mass is 10.1. The summed E-state index contributed by atoms with van der Waals surface area (Å²) in [5.41, 5.74) is 10.3. The fraction of sp³-hybridized carbons (Fsp3) is 0.217. The minimum absolute atomic E-state index is 0.153. The number of amides is 1. The van der Waals surface area contributed by atoms with E-state index in [1.54, 1.807) is 6.21 Å². The van der Waals surface area contributed by atoms with E-state index in [4.69, 9.17) is 0 Å². The number of rotatable bonds is 6. The smallest absolute Gasteiger partial charge is 0.259 e. The van der Waals surface area contributed by atoms with Gasteiger partial charge in [0, 0.05) is 32.8 Å². The molecule has 5 nitrogen and oxygen atoms in total. The van der Waals surface area contributed by atoms with Crippen LogP contribution in [0.2, 0.25) is 0 Å². The van der Waals surface area contributed by atoms with Crippen molar-refractivity contribution in [1.29, 1.82) is 0 Å². The van der Waals surface area contributed by atoms with E-state index in [1.807, 2.05) is 24.3 Å². The normalized spacial score (nSPS) is 11.1. The van der Waals surface area contributed by atoms with Gasteiger partial charge in [-0.15, -0.1) is 0 Å². The summed E-state index contributed by atoms with van der Waals surface area (Å²) in [5, 5.41) is 7.19. The predicted octanol–water partition coefficient (Wildman–Crippen LogP) is 5.04. The Bertz CT molecular complexity index is 1050. The molecule has 2 aromatic carbocycles. The van der Waals surface area contributed by atoms with Crippen LogP contribution in [-0.2, 0) is 4.79 Å². The highest BCUT2D eigenvalue weighted by atomic mass is 79.9. The number of benzene rings is 2. The SMILES string of the molecule is Cc1ccc(-n2c(C)cc(C=NNC(=O)CNc3ccc(Br)cc3)c2C)c(C)c1. The fourth-order valence-electron chi connectivity index (χ4n) is 3.31. The van der Waals surface area contributed by atoms with Gasteiger partial charge in [0.25, 0.3) is 5.91 Å². The first-order valence-electron chi connectivity index (χ1n) is 9.43. The lowest BCUT2D eigenvalue weighted by Crippen LogP contribution is -2.25. The highest BCUT2D eigenvalue weighted by Crippen LogP contribution is 2.23. The number of carbonyl (C=O) groups is 1. The zero-order chi connectivity index (χ0) is 21.0. The second-order valence-corrected chi connectivity index (χ2v) is 8.02. The number of hydrogen-bond acceptors (Lipinski definition) is 3. The van der Waals surface area contributed by atoms with Gasteiger partial charge in [0.05, 0.1) is 12.8 Å². The van der Waals surface area contributed by atoms with E-state index >= 15 is 0 Å². The Balaban J connectivity index is 1.65. The van der Waals surface area contributed by atoms with E-state index < -0.39 is 0 Å². The van der Waals surface area contributed by atoms with E-state index in [0.717, 1.165) is 32.8 Å². The van der Waals surface area contributed by atoms with E-state index in [-0.39, 0.29) is 12.5 Å². The number of aromatic nitrogens is 1. The van der Waals surface area contributed by atoms with Crippen molar-refractivity contribution < 1.29 is 4.79 Å². The average Bonchev–Trinajstić information content (AvgIpc) is 2.95. The Morgan fingerprint density at radius 3 is 2.48 bits per heavy atom. The van der Waals surface area contributed by atoms with Crippen molar-refractivity contribution >= 4 is 33.7 Å². The van der Waals surface area contributed by atoms with Crippen molar-refractivity contribution in [2.45, 2.75) is 27.7 Å². The first-order chi connectivity index (χ1) is 13.8. The van der Waals surface area contributed by atoms with Crippen LogP contribution < -0.4 is 10.7 Å². The number of nitrogens with one attached hydrogen (secondary N) is 2. The van der Waals surface area contributed by atoms with Crippen LogP contribution in [0.25, 0.3) is 5.69 Å². The van der Waals surface area contributed by atoms with Crippen LogP contribution in [0.5, 0.6) is 0 Å². The first-order valence-corrected chi connectivity index (χ1v) is 10.2. The minimum Gasteiger partial charge on any atom is -0.376 e. The summed E-state index contributed by atoms with van der Waals surface area (Å²) in [5.74, 6) is -0.202. The van der Waals surface area contributed by atoms with Crippen LogP contribution >= 0.6 is 15.9 Å². The van der Waals surface area contributed by atoms with Crippen molar-refractivity contribution in [3.05, 3.63) is 81.1 Å². The van der Waals surface area contributed by atoms with E-state index in [0.29, 0.717) is 0 Å². The van der Waals surface area contributed by atoms with Crippen molar-refractivity contribution in [1.82, 2.24) is 9.99 Å². The van der Waals surface area contributed by atoms with Crippen LogP contribution in [0.15, 0.2) is 58.1 Å². The lowest BCUT2D eigenvalue weighted by molar-refractivity contribution is -0.119. The molecule has 150 valence electrons. The molecule has 0 aliphatic carbocycles. The van der Waals surface area contributed by atoms with Crippen molar-refractivity contribution in [2.24, 2.45) is 5.10 Å². The standard InChI is InChI=1S/C23H25BrN4O/c1-15-5-10-22(16(2)11-15)28-17(3)12-19(18(28)4)13-26-27-23(29)14-25-21-8-6-20(24)7-9-21/h5-13,25H,14H2,1-4H3,(H,27,29). The Labute approximate surface area is 180 Å². The summed E-state index contributed by atoms with van der Waals surface area (Å²) in [6.07, 6.45) is 1.69. The zero-order valence-electron chi connectivity index (χ0n) is 17.1. The topological polar surface area (TPSA) is 58.4 Å². The maximum atomic E-state index is 12.0. The van der Waals surface area contributed by atoms with Gasteiger partial charge < -0.3 is 9.88 Å². The third kappa shape index (κ3) is 5.15. The van der Waals surface area contributed by atoms with Gasteiger partial charge >= 0.3 is 0 Å². The van der Waals surface area contributed by atoms with Crippen LogP contribution in [0, 0.1) is 27.7 Å². The van der Waals surface area contributed by atoms with Crippen LogP contribution in [0.1, 0.15) is 28.1 Å². The first kappa shape index (κ1) is 20.9. The quantitative estimate of drug-likeness (QED) is 0.406. The zero-order valence-corrected chi connectivity index (χ0v) is 18.7. The molecule has 6 heteroatoms. The second-order valence-electron chi connectivity index (χ2n) is 7.11. The molecule has 2 N–H and O–H groups in total. The number of nitrogens with zero attached hydrogens (tertiary/aromatic N) is 2. The molecule has 0 saturated carbocycles. The van der Waals surface area contributed by atoms with Crippen molar-refractivity contribution in [3.8, 4) is 5.69 Å². The molecule has 0 fully saturated rings. The summed E-state index contributed by atoms with van der Waals surface area (Å²) in [6.45, 7) is 8.50. The van der Waals surface area contributed by atoms with Gasteiger partial charge in [-0.1, -0.05) is 33.6 Å². The number of aryl methyl sites for hydroxylation is 3. The molecule has 1 amide bonds. The van der Waals surface area contributed by atoms with Gasteiger partial charge in [-0.05, 0) is 69.7 Å². The number of halogens is 1. The molecule has 0 bridgehead atoms. The molecule has 0 spiro atoms. The molecule has 0 atom stereocenters. The van der Waals surface area contributed by atoms with Gasteiger partial charge in [-0.2, -0.15) is 5.10 Å². The van der Waals surface area contributed by atoms with E-state index in [2.05, 4.69) is 88.3 Å². The molecule has 0 saturated heterocycles. The number of hydrogen-bond donors (Lipinski definition) is 2. The predicted molar refractivity (Wildman–Crippen MR) is 123 cm³/mol. The Kier molecular flexibility index (Phi) is 6.54. The van der Waals surface area contributed by atoms with Gasteiger partial charge in [-0.25, -0.2) is 5.43 Å². The maximum absolute atomic E-state index is 12.0. The number of hydrazone groups is 1. The summed E-state index contributed by atoms with van der Waals surface area (Å²) < 4.78 is 3.21. The third-order valence-electron chi connectivity index (χ3n) is 4.75. The summed E-state index contributed by atoms with van der Waals surface area (Å²) in [7, 11) is 0. The summed E-state index contributed by atoms with van der Waals surface area (Å²) in [4.78, 5) is 12.0. The van der Waals surface area contributed by atoms with Crippen LogP contribution in [0.3, 0.4) is 0 Å². The molecular weight excluding hydrogens is 428 g/mol. The van der Waals surface area contributed by atoms with Gasteiger partial charge in [-0.3, -0.25) is 4.79 Å². The molecule has 3 rings (SSSR count). The third-order valence-corrected chi connectivity index (χ3v) is 5.28. The molecule has 0 aliphatic heterocycles. The largest absolute Gasteiger partial charge is 0.376 e. The van der Waals surface area contributed by atoms with Crippen LogP contribution in [0.4, 0.5) is 5.69 Å². The molecule has 0 radical (unpaired) electrons. The summed E-state index contributed by atoms with van der Waals surface area (Å²) in [6, 6.07) is 16.2. The Hall–Kier alpha value is -2.86. The van der Waals surface area contributed by atoms with Gasteiger partial charge in [0.2, 0.25) is 0 Å². The molecule has 1 heterocycles.